The highest BCUT2D eigenvalue weighted by Gasteiger charge is 2.33. The number of rotatable bonds is 6. The minimum absolute atomic E-state index is 0.187. The fourth-order valence-electron chi connectivity index (χ4n) is 3.82. The minimum Gasteiger partial charge on any atom is -0.442 e. The summed E-state index contributed by atoms with van der Waals surface area (Å²) in [4.78, 5) is 30.3. The molecule has 10 heteroatoms. The number of hydrogen-bond acceptors (Lipinski definition) is 6. The van der Waals surface area contributed by atoms with Gasteiger partial charge in [-0.05, 0) is 46.3 Å². The maximum absolute atomic E-state index is 14.9. The maximum atomic E-state index is 14.9. The van der Waals surface area contributed by atoms with Gasteiger partial charge >= 0.3 is 6.09 Å². The summed E-state index contributed by atoms with van der Waals surface area (Å²) in [5.41, 5.74) is 1.00. The Morgan fingerprint density at radius 1 is 1.26 bits per heavy atom. The van der Waals surface area contributed by atoms with Crippen molar-refractivity contribution in [1.82, 2.24) is 10.2 Å². The lowest BCUT2D eigenvalue weighted by molar-refractivity contribution is -0.119. The van der Waals surface area contributed by atoms with E-state index in [1.807, 2.05) is 4.90 Å². The van der Waals surface area contributed by atoms with Crippen LogP contribution in [0.5, 0.6) is 0 Å². The number of hydrogen-bond donors (Lipinski definition) is 1. The fraction of sp³-hybridized carbons (Fsp3) is 0.429. The standard InChI is InChI=1S/C21H24BrFN4O3S/c1-14(28)24-11-16-12-27(21(29)30-16)15-2-4-19(18(23)10-15)26-8-6-25(7-9-26)13-17-3-5-20(22)31-17/h2-5,10,16H,6-9,11-13H2,1H3,(H,24,28)/t16-/m0/s1. The van der Waals surface area contributed by atoms with Gasteiger partial charge in [0.05, 0.1) is 28.3 Å². The van der Waals surface area contributed by atoms with Crippen molar-refractivity contribution in [1.29, 1.82) is 0 Å². The predicted molar refractivity (Wildman–Crippen MR) is 122 cm³/mol. The number of anilines is 2. The Bertz CT molecular complexity index is 964. The van der Waals surface area contributed by atoms with E-state index in [1.54, 1.807) is 23.5 Å². The molecule has 0 radical (unpaired) electrons. The van der Waals surface area contributed by atoms with Gasteiger partial charge in [0.25, 0.3) is 0 Å². The van der Waals surface area contributed by atoms with Gasteiger partial charge in [-0.25, -0.2) is 9.18 Å². The third kappa shape index (κ3) is 5.36. The largest absolute Gasteiger partial charge is 0.442 e. The molecule has 0 unspecified atom stereocenters. The van der Waals surface area contributed by atoms with Gasteiger partial charge in [-0.15, -0.1) is 11.3 Å². The molecule has 3 heterocycles. The van der Waals surface area contributed by atoms with Crippen LogP contribution in [0.1, 0.15) is 11.8 Å². The molecule has 0 saturated carbocycles. The highest BCUT2D eigenvalue weighted by molar-refractivity contribution is 9.11. The summed E-state index contributed by atoms with van der Waals surface area (Å²) in [7, 11) is 0. The SMILES string of the molecule is CC(=O)NC[C@H]1CN(c2ccc(N3CCN(Cc4ccc(Br)s4)CC3)c(F)c2)C(=O)O1. The van der Waals surface area contributed by atoms with E-state index in [4.69, 9.17) is 4.74 Å². The number of halogens is 2. The first-order chi connectivity index (χ1) is 14.9. The number of nitrogens with one attached hydrogen (secondary N) is 1. The van der Waals surface area contributed by atoms with Crippen molar-refractivity contribution in [2.75, 3.05) is 49.1 Å². The van der Waals surface area contributed by atoms with Crippen molar-refractivity contribution in [3.8, 4) is 0 Å². The van der Waals surface area contributed by atoms with E-state index >= 15 is 0 Å². The van der Waals surface area contributed by atoms with Crippen LogP contribution in [-0.2, 0) is 16.1 Å². The van der Waals surface area contributed by atoms with Gasteiger partial charge in [0.15, 0.2) is 0 Å². The molecule has 166 valence electrons. The van der Waals surface area contributed by atoms with Gasteiger partial charge in [-0.3, -0.25) is 14.6 Å². The van der Waals surface area contributed by atoms with E-state index in [2.05, 4.69) is 38.3 Å². The lowest BCUT2D eigenvalue weighted by Crippen LogP contribution is -2.46. The monoisotopic (exact) mass is 510 g/mol. The first kappa shape index (κ1) is 22.0. The van der Waals surface area contributed by atoms with Gasteiger partial charge in [0.2, 0.25) is 5.91 Å². The molecule has 4 rings (SSSR count). The Kier molecular flexibility index (Phi) is 6.78. The second-order valence-electron chi connectivity index (χ2n) is 7.66. The number of nitrogens with zero attached hydrogens (tertiary/aromatic N) is 3. The Hall–Kier alpha value is -2.17. The van der Waals surface area contributed by atoms with Gasteiger partial charge in [-0.1, -0.05) is 0 Å². The van der Waals surface area contributed by atoms with E-state index in [1.165, 1.54) is 22.8 Å². The minimum atomic E-state index is -0.531. The van der Waals surface area contributed by atoms with Crippen LogP contribution in [0.15, 0.2) is 34.1 Å². The molecular weight excluding hydrogens is 487 g/mol. The molecule has 2 fully saturated rings. The van der Waals surface area contributed by atoms with Crippen LogP contribution in [0.25, 0.3) is 0 Å². The summed E-state index contributed by atoms with van der Waals surface area (Å²) in [5.74, 6) is -0.542. The fourth-order valence-corrected chi connectivity index (χ4v) is 5.35. The summed E-state index contributed by atoms with van der Waals surface area (Å²) < 4.78 is 21.3. The zero-order chi connectivity index (χ0) is 22.0. The topological polar surface area (TPSA) is 65.1 Å². The Morgan fingerprint density at radius 2 is 2.03 bits per heavy atom. The normalized spacial score (nSPS) is 19.6. The molecule has 2 saturated heterocycles. The Labute approximate surface area is 192 Å². The van der Waals surface area contributed by atoms with Crippen LogP contribution in [0.2, 0.25) is 0 Å². The zero-order valence-corrected chi connectivity index (χ0v) is 19.5. The van der Waals surface area contributed by atoms with Crippen molar-refractivity contribution in [3.63, 3.8) is 0 Å². The first-order valence-electron chi connectivity index (χ1n) is 10.1. The van der Waals surface area contributed by atoms with E-state index in [0.717, 1.165) is 36.5 Å². The molecule has 0 bridgehead atoms. The van der Waals surface area contributed by atoms with Gasteiger partial charge in [-0.2, -0.15) is 0 Å². The number of thiophene rings is 1. The Morgan fingerprint density at radius 3 is 2.68 bits per heavy atom. The van der Waals surface area contributed by atoms with Crippen LogP contribution in [0.4, 0.5) is 20.6 Å². The zero-order valence-electron chi connectivity index (χ0n) is 17.1. The molecule has 1 aromatic heterocycles. The second kappa shape index (κ2) is 9.54. The summed E-state index contributed by atoms with van der Waals surface area (Å²) in [5, 5.41) is 2.63. The highest BCUT2D eigenvalue weighted by Crippen LogP contribution is 2.29. The highest BCUT2D eigenvalue weighted by atomic mass is 79.9. The van der Waals surface area contributed by atoms with Gasteiger partial charge < -0.3 is 15.0 Å². The van der Waals surface area contributed by atoms with Crippen LogP contribution in [0, 0.1) is 5.82 Å². The van der Waals surface area contributed by atoms with Crippen molar-refractivity contribution in [2.45, 2.75) is 19.6 Å². The number of piperazine rings is 1. The molecule has 2 aromatic rings. The lowest BCUT2D eigenvalue weighted by atomic mass is 10.2. The van der Waals surface area contributed by atoms with Crippen molar-refractivity contribution < 1.29 is 18.7 Å². The molecule has 1 aromatic carbocycles. The summed E-state index contributed by atoms with van der Waals surface area (Å²) in [6.45, 7) is 6.03. The Balaban J connectivity index is 1.35. The lowest BCUT2D eigenvalue weighted by Gasteiger charge is -2.36. The van der Waals surface area contributed by atoms with Crippen LogP contribution < -0.4 is 15.1 Å². The van der Waals surface area contributed by atoms with Crippen molar-refractivity contribution >= 4 is 50.6 Å². The van der Waals surface area contributed by atoms with E-state index in [-0.39, 0.29) is 24.8 Å². The van der Waals surface area contributed by atoms with Gasteiger partial charge in [0.1, 0.15) is 11.9 Å². The van der Waals surface area contributed by atoms with Crippen molar-refractivity contribution in [2.24, 2.45) is 0 Å². The number of carbonyl (C=O) groups excluding carboxylic acids is 2. The maximum Gasteiger partial charge on any atom is 0.414 e. The molecule has 0 spiro atoms. The third-order valence-corrected chi connectivity index (χ3v) is 7.03. The molecule has 2 amide bonds. The third-order valence-electron chi connectivity index (χ3n) is 5.42. The summed E-state index contributed by atoms with van der Waals surface area (Å²) in [6, 6.07) is 9.04. The smallest absolute Gasteiger partial charge is 0.414 e. The molecule has 7 nitrogen and oxygen atoms in total. The quantitative estimate of drug-likeness (QED) is 0.644. The molecular formula is C21H24BrFN4O3S. The molecule has 1 atom stereocenters. The molecule has 2 aliphatic rings. The van der Waals surface area contributed by atoms with E-state index in [0.29, 0.717) is 11.4 Å². The average Bonchev–Trinajstić information content (AvgIpc) is 3.32. The second-order valence-corrected chi connectivity index (χ2v) is 10.2. The summed E-state index contributed by atoms with van der Waals surface area (Å²) >= 11 is 5.23. The van der Waals surface area contributed by atoms with Crippen LogP contribution in [-0.4, -0.2) is 62.3 Å². The molecule has 31 heavy (non-hydrogen) atoms. The van der Waals surface area contributed by atoms with Crippen LogP contribution >= 0.6 is 27.3 Å². The summed E-state index contributed by atoms with van der Waals surface area (Å²) in [6.07, 6.45) is -0.979. The van der Waals surface area contributed by atoms with Gasteiger partial charge in [0, 0.05) is 44.5 Å². The van der Waals surface area contributed by atoms with Crippen molar-refractivity contribution in [3.05, 3.63) is 44.8 Å². The van der Waals surface area contributed by atoms with Crippen LogP contribution in [0.3, 0.4) is 0 Å². The molecule has 1 N–H and O–H groups in total. The predicted octanol–water partition coefficient (Wildman–Crippen LogP) is 3.43. The number of benzene rings is 1. The molecule has 2 aliphatic heterocycles. The first-order valence-corrected chi connectivity index (χ1v) is 11.7. The number of cyclic esters (lactones) is 1. The van der Waals surface area contributed by atoms with E-state index < -0.39 is 12.2 Å². The molecule has 0 aliphatic carbocycles. The van der Waals surface area contributed by atoms with E-state index in [9.17, 15) is 14.0 Å². The number of ether oxygens (including phenoxy) is 1. The number of carbonyl (C=O) groups is 2. The average molecular weight is 511 g/mol. The number of amides is 2.